The van der Waals surface area contributed by atoms with Crippen molar-refractivity contribution in [3.05, 3.63) is 29.6 Å². The van der Waals surface area contributed by atoms with E-state index in [0.717, 1.165) is 16.8 Å². The van der Waals surface area contributed by atoms with Crippen LogP contribution in [0.5, 0.6) is 5.75 Å². The molecule has 0 spiro atoms. The minimum absolute atomic E-state index is 0.260. The molecule has 2 rings (SSSR count). The van der Waals surface area contributed by atoms with Gasteiger partial charge in [0.1, 0.15) is 12.1 Å². The van der Waals surface area contributed by atoms with E-state index in [1.807, 2.05) is 26.8 Å². The quantitative estimate of drug-likeness (QED) is 0.834. The van der Waals surface area contributed by atoms with Crippen LogP contribution in [-0.4, -0.2) is 25.3 Å². The van der Waals surface area contributed by atoms with E-state index in [2.05, 4.69) is 15.5 Å². The number of rotatable bonds is 2. The van der Waals surface area contributed by atoms with E-state index in [9.17, 15) is 5.11 Å². The van der Waals surface area contributed by atoms with Crippen LogP contribution in [0.4, 0.5) is 0 Å². The summed E-state index contributed by atoms with van der Waals surface area (Å²) >= 11 is 0. The van der Waals surface area contributed by atoms with E-state index < -0.39 is 0 Å². The predicted molar refractivity (Wildman–Crippen MR) is 59.6 cm³/mol. The number of tetrazole rings is 1. The van der Waals surface area contributed by atoms with Crippen molar-refractivity contribution in [2.45, 2.75) is 26.7 Å². The summed E-state index contributed by atoms with van der Waals surface area (Å²) in [7, 11) is 0. The second-order valence-electron chi connectivity index (χ2n) is 4.11. The molecule has 0 amide bonds. The van der Waals surface area contributed by atoms with Gasteiger partial charge in [-0.3, -0.25) is 0 Å². The van der Waals surface area contributed by atoms with Gasteiger partial charge < -0.3 is 5.11 Å². The lowest BCUT2D eigenvalue weighted by molar-refractivity contribution is 0.464. The molecule has 0 bridgehead atoms. The standard InChI is InChI=1S/C11H14N4O/c1-7(2)9-5-10(8(3)4-11(9)16)15-6-12-13-14-15/h4-7,16H,1-3H3. The molecule has 0 saturated carbocycles. The Morgan fingerprint density at radius 2 is 2.06 bits per heavy atom. The summed E-state index contributed by atoms with van der Waals surface area (Å²) in [5, 5.41) is 20.9. The predicted octanol–water partition coefficient (Wildman–Crippen LogP) is 1.80. The third-order valence-electron chi connectivity index (χ3n) is 2.56. The maximum atomic E-state index is 9.82. The smallest absolute Gasteiger partial charge is 0.143 e. The van der Waals surface area contributed by atoms with Crippen molar-refractivity contribution in [3.63, 3.8) is 0 Å². The minimum Gasteiger partial charge on any atom is -0.508 e. The highest BCUT2D eigenvalue weighted by atomic mass is 16.3. The van der Waals surface area contributed by atoms with Gasteiger partial charge >= 0.3 is 0 Å². The van der Waals surface area contributed by atoms with Crippen molar-refractivity contribution < 1.29 is 5.11 Å². The average Bonchev–Trinajstić information content (AvgIpc) is 2.70. The van der Waals surface area contributed by atoms with Crippen molar-refractivity contribution in [1.29, 1.82) is 0 Å². The Morgan fingerprint density at radius 1 is 1.31 bits per heavy atom. The number of phenolic OH excluding ortho intramolecular Hbond substituents is 1. The number of aryl methyl sites for hydroxylation is 1. The van der Waals surface area contributed by atoms with E-state index in [-0.39, 0.29) is 5.92 Å². The summed E-state index contributed by atoms with van der Waals surface area (Å²) in [5.74, 6) is 0.583. The number of nitrogens with zero attached hydrogens (tertiary/aromatic N) is 4. The molecule has 1 heterocycles. The van der Waals surface area contributed by atoms with E-state index >= 15 is 0 Å². The normalized spacial score (nSPS) is 11.0. The highest BCUT2D eigenvalue weighted by Gasteiger charge is 2.11. The molecular formula is C11H14N4O. The first-order valence-electron chi connectivity index (χ1n) is 5.16. The van der Waals surface area contributed by atoms with Crippen LogP contribution in [0.15, 0.2) is 18.5 Å². The SMILES string of the molecule is Cc1cc(O)c(C(C)C)cc1-n1cnnn1. The summed E-state index contributed by atoms with van der Waals surface area (Å²) < 4.78 is 1.60. The van der Waals surface area contributed by atoms with Gasteiger partial charge in [-0.1, -0.05) is 13.8 Å². The van der Waals surface area contributed by atoms with E-state index in [1.54, 1.807) is 17.1 Å². The second-order valence-corrected chi connectivity index (χ2v) is 4.11. The Kier molecular flexibility index (Phi) is 2.60. The Bertz CT molecular complexity index is 491. The Morgan fingerprint density at radius 3 is 2.62 bits per heavy atom. The number of aromatic nitrogens is 4. The van der Waals surface area contributed by atoms with Crippen LogP contribution in [0.2, 0.25) is 0 Å². The third-order valence-corrected chi connectivity index (χ3v) is 2.56. The van der Waals surface area contributed by atoms with Crippen LogP contribution < -0.4 is 0 Å². The molecule has 0 atom stereocenters. The maximum Gasteiger partial charge on any atom is 0.143 e. The van der Waals surface area contributed by atoms with Gasteiger partial charge in [-0.25, -0.2) is 4.68 Å². The van der Waals surface area contributed by atoms with Crippen molar-refractivity contribution in [1.82, 2.24) is 20.2 Å². The molecule has 0 unspecified atom stereocenters. The fourth-order valence-electron chi connectivity index (χ4n) is 1.68. The van der Waals surface area contributed by atoms with Crippen LogP contribution in [0, 0.1) is 6.92 Å². The van der Waals surface area contributed by atoms with Gasteiger partial charge in [0.15, 0.2) is 0 Å². The van der Waals surface area contributed by atoms with Crippen LogP contribution >= 0.6 is 0 Å². The fraction of sp³-hybridized carbons (Fsp3) is 0.364. The first-order valence-corrected chi connectivity index (χ1v) is 5.16. The molecule has 5 heteroatoms. The second kappa shape index (κ2) is 3.92. The van der Waals surface area contributed by atoms with Crippen LogP contribution in [0.25, 0.3) is 5.69 Å². The summed E-state index contributed by atoms with van der Waals surface area (Å²) in [6.07, 6.45) is 1.55. The van der Waals surface area contributed by atoms with Gasteiger partial charge in [0.2, 0.25) is 0 Å². The summed E-state index contributed by atoms with van der Waals surface area (Å²) in [6, 6.07) is 3.66. The van der Waals surface area contributed by atoms with Crippen molar-refractivity contribution in [2.24, 2.45) is 0 Å². The molecule has 1 N–H and O–H groups in total. The van der Waals surface area contributed by atoms with Gasteiger partial charge in [-0.2, -0.15) is 0 Å². The van der Waals surface area contributed by atoms with Gasteiger partial charge in [0, 0.05) is 0 Å². The van der Waals surface area contributed by atoms with Crippen LogP contribution in [-0.2, 0) is 0 Å². The highest BCUT2D eigenvalue weighted by Crippen LogP contribution is 2.29. The summed E-state index contributed by atoms with van der Waals surface area (Å²) in [5.41, 5.74) is 2.73. The molecule has 2 aromatic rings. The minimum atomic E-state index is 0.260. The Labute approximate surface area is 93.7 Å². The van der Waals surface area contributed by atoms with E-state index in [4.69, 9.17) is 0 Å². The zero-order valence-electron chi connectivity index (χ0n) is 9.55. The first kappa shape index (κ1) is 10.6. The van der Waals surface area contributed by atoms with Crippen molar-refractivity contribution in [2.75, 3.05) is 0 Å². The molecule has 0 radical (unpaired) electrons. The zero-order chi connectivity index (χ0) is 11.7. The molecular weight excluding hydrogens is 204 g/mol. The lowest BCUT2D eigenvalue weighted by atomic mass is 9.99. The molecule has 0 aliphatic heterocycles. The van der Waals surface area contributed by atoms with Gasteiger partial charge in [-0.15, -0.1) is 5.10 Å². The molecule has 0 fully saturated rings. The topological polar surface area (TPSA) is 63.8 Å². The van der Waals surface area contributed by atoms with Crippen molar-refractivity contribution in [3.8, 4) is 11.4 Å². The number of hydrogen-bond acceptors (Lipinski definition) is 4. The average molecular weight is 218 g/mol. The first-order chi connectivity index (χ1) is 7.59. The molecule has 0 aliphatic carbocycles. The molecule has 84 valence electrons. The lowest BCUT2D eigenvalue weighted by Crippen LogP contribution is -2.00. The number of benzene rings is 1. The molecule has 0 aliphatic rings. The molecule has 0 saturated heterocycles. The molecule has 16 heavy (non-hydrogen) atoms. The largest absolute Gasteiger partial charge is 0.508 e. The number of hydrogen-bond donors (Lipinski definition) is 1. The van der Waals surface area contributed by atoms with Crippen LogP contribution in [0.3, 0.4) is 0 Å². The lowest BCUT2D eigenvalue weighted by Gasteiger charge is -2.12. The van der Waals surface area contributed by atoms with E-state index in [0.29, 0.717) is 5.75 Å². The molecule has 1 aromatic carbocycles. The molecule has 5 nitrogen and oxygen atoms in total. The number of aromatic hydroxyl groups is 1. The highest BCUT2D eigenvalue weighted by molar-refractivity contribution is 5.49. The van der Waals surface area contributed by atoms with Gasteiger partial charge in [0.05, 0.1) is 5.69 Å². The number of phenols is 1. The van der Waals surface area contributed by atoms with E-state index in [1.165, 1.54) is 0 Å². The van der Waals surface area contributed by atoms with Crippen molar-refractivity contribution >= 4 is 0 Å². The van der Waals surface area contributed by atoms with Crippen LogP contribution in [0.1, 0.15) is 30.9 Å². The summed E-state index contributed by atoms with van der Waals surface area (Å²) in [4.78, 5) is 0. The third kappa shape index (κ3) is 1.76. The fourth-order valence-corrected chi connectivity index (χ4v) is 1.68. The monoisotopic (exact) mass is 218 g/mol. The maximum absolute atomic E-state index is 9.82. The Balaban J connectivity index is 2.58. The summed E-state index contributed by atoms with van der Waals surface area (Å²) in [6.45, 7) is 5.99. The van der Waals surface area contributed by atoms with Gasteiger partial charge in [0.25, 0.3) is 0 Å². The zero-order valence-corrected chi connectivity index (χ0v) is 9.55. The Hall–Kier alpha value is -1.91. The molecule has 1 aromatic heterocycles. The van der Waals surface area contributed by atoms with Gasteiger partial charge in [-0.05, 0) is 46.5 Å².